The fourth-order valence-electron chi connectivity index (χ4n) is 1.84. The van der Waals surface area contributed by atoms with Crippen LogP contribution in [0.2, 0.25) is 38.8 Å². The second-order valence-electron chi connectivity index (χ2n) is 5.91. The van der Waals surface area contributed by atoms with Crippen LogP contribution in [-0.4, -0.2) is 23.2 Å². The Morgan fingerprint density at radius 1 is 1.13 bits per heavy atom. The smallest absolute Gasteiger partial charge is 0.205 e. The molecule has 0 aromatic rings. The molecule has 0 rings (SSSR count). The lowest BCUT2D eigenvalue weighted by atomic mass is 10.1. The topological polar surface area (TPSA) is 9.23 Å². The zero-order valence-electron chi connectivity index (χ0n) is 11.5. The van der Waals surface area contributed by atoms with Crippen molar-refractivity contribution in [1.82, 2.24) is 0 Å². The lowest BCUT2D eigenvalue weighted by molar-refractivity contribution is 0.208. The highest BCUT2D eigenvalue weighted by atomic mass is 28.3. The van der Waals surface area contributed by atoms with E-state index in [0.717, 1.165) is 0 Å². The molecule has 1 unspecified atom stereocenters. The van der Waals surface area contributed by atoms with Gasteiger partial charge in [0, 0.05) is 14.2 Å². The maximum Gasteiger partial charge on any atom is 0.205 e. The van der Waals surface area contributed by atoms with Crippen molar-refractivity contribution < 1.29 is 4.43 Å². The summed E-state index contributed by atoms with van der Waals surface area (Å²) in [4.78, 5) is 0. The van der Waals surface area contributed by atoms with Gasteiger partial charge < -0.3 is 4.43 Å². The van der Waals surface area contributed by atoms with Crippen LogP contribution in [0.1, 0.15) is 32.6 Å². The molecule has 0 bridgehead atoms. The van der Waals surface area contributed by atoms with Crippen molar-refractivity contribution in [2.24, 2.45) is 0 Å². The van der Waals surface area contributed by atoms with Gasteiger partial charge in [-0.25, -0.2) is 0 Å². The molecule has 3 heteroatoms. The summed E-state index contributed by atoms with van der Waals surface area (Å²) in [6, 6.07) is 1.34. The van der Waals surface area contributed by atoms with Crippen LogP contribution in [0.3, 0.4) is 0 Å². The molecule has 15 heavy (non-hydrogen) atoms. The zero-order valence-corrected chi connectivity index (χ0v) is 13.5. The van der Waals surface area contributed by atoms with E-state index < -0.39 is 17.1 Å². The van der Waals surface area contributed by atoms with Crippen LogP contribution in [0, 0.1) is 0 Å². The van der Waals surface area contributed by atoms with Gasteiger partial charge in [-0.05, 0) is 25.6 Å². The van der Waals surface area contributed by atoms with Crippen molar-refractivity contribution >= 4 is 17.1 Å². The molecular weight excluding hydrogens is 216 g/mol. The van der Waals surface area contributed by atoms with Crippen molar-refractivity contribution in [3.8, 4) is 0 Å². The van der Waals surface area contributed by atoms with E-state index in [1.165, 1.54) is 31.7 Å². The van der Waals surface area contributed by atoms with Gasteiger partial charge in [-0.1, -0.05) is 45.8 Å². The Bertz CT molecular complexity index is 152. The summed E-state index contributed by atoms with van der Waals surface area (Å²) in [7, 11) is -1.48. The first-order chi connectivity index (χ1) is 6.85. The van der Waals surface area contributed by atoms with E-state index in [9.17, 15) is 0 Å². The first-order valence-electron chi connectivity index (χ1n) is 6.32. The Labute approximate surface area is 99.3 Å². The third-order valence-corrected chi connectivity index (χ3v) is 4.86. The van der Waals surface area contributed by atoms with Crippen LogP contribution in [0.5, 0.6) is 0 Å². The van der Waals surface area contributed by atoms with Gasteiger partial charge in [0.1, 0.15) is 0 Å². The summed E-state index contributed by atoms with van der Waals surface area (Å²) in [6.45, 7) is 14.1. The highest BCUT2D eigenvalue weighted by Gasteiger charge is 2.21. The molecule has 0 saturated heterocycles. The molecule has 0 spiro atoms. The fraction of sp³-hybridized carbons (Fsp3) is 1.00. The highest BCUT2D eigenvalue weighted by molar-refractivity contribution is 6.76. The molecule has 1 nitrogen and oxygen atoms in total. The molecule has 0 aliphatic carbocycles. The van der Waals surface area contributed by atoms with Gasteiger partial charge >= 0.3 is 0 Å². The minimum Gasteiger partial charge on any atom is -0.415 e. The van der Waals surface area contributed by atoms with E-state index in [4.69, 9.17) is 4.43 Å². The van der Waals surface area contributed by atoms with Crippen molar-refractivity contribution in [1.29, 1.82) is 0 Å². The molecule has 0 aliphatic rings. The van der Waals surface area contributed by atoms with Gasteiger partial charge in [0.15, 0.2) is 0 Å². The zero-order chi connectivity index (χ0) is 11.9. The molecule has 0 aromatic heterocycles. The Kier molecular flexibility index (Phi) is 7.83. The third kappa shape index (κ3) is 10.7. The van der Waals surface area contributed by atoms with Gasteiger partial charge in [-0.3, -0.25) is 0 Å². The van der Waals surface area contributed by atoms with E-state index >= 15 is 0 Å². The predicted molar refractivity (Wildman–Crippen MR) is 74.7 cm³/mol. The molecular formula is C12H29OSi2. The molecule has 1 atom stereocenters. The first-order valence-corrected chi connectivity index (χ1v) is 12.4. The number of unbranched alkanes of at least 4 members (excludes halogenated alkanes) is 2. The summed E-state index contributed by atoms with van der Waals surface area (Å²) in [5, 5.41) is 0. The van der Waals surface area contributed by atoms with E-state index in [1.807, 2.05) is 0 Å². The van der Waals surface area contributed by atoms with Gasteiger partial charge in [-0.15, -0.1) is 0 Å². The molecule has 1 radical (unpaired) electrons. The average molecular weight is 246 g/mol. The van der Waals surface area contributed by atoms with Gasteiger partial charge in [0.25, 0.3) is 0 Å². The highest BCUT2D eigenvalue weighted by Crippen LogP contribution is 2.19. The number of hydrogen-bond donors (Lipinski definition) is 0. The minimum atomic E-state index is -0.956. The van der Waals surface area contributed by atoms with Crippen LogP contribution in [0.15, 0.2) is 0 Å². The molecule has 0 saturated carbocycles. The molecule has 91 valence electrons. The first kappa shape index (κ1) is 15.4. The van der Waals surface area contributed by atoms with Crippen LogP contribution in [0.4, 0.5) is 0 Å². The lowest BCUT2D eigenvalue weighted by Crippen LogP contribution is -2.31. The maximum absolute atomic E-state index is 6.11. The third-order valence-electron chi connectivity index (χ3n) is 2.37. The van der Waals surface area contributed by atoms with E-state index in [-0.39, 0.29) is 0 Å². The Hall–Kier alpha value is 0.394. The van der Waals surface area contributed by atoms with Gasteiger partial charge in [0.05, 0.1) is 0 Å². The van der Waals surface area contributed by atoms with E-state index in [2.05, 4.69) is 39.7 Å². The normalized spacial score (nSPS) is 14.6. The van der Waals surface area contributed by atoms with Crippen molar-refractivity contribution in [2.75, 3.05) is 0 Å². The quantitative estimate of drug-likeness (QED) is 0.450. The molecule has 0 aromatic carbocycles. The monoisotopic (exact) mass is 245 g/mol. The summed E-state index contributed by atoms with van der Waals surface area (Å²) in [5.74, 6) is 0. The molecule has 0 heterocycles. The van der Waals surface area contributed by atoms with Crippen molar-refractivity contribution in [2.45, 2.75) is 77.5 Å². The average Bonchev–Trinajstić information content (AvgIpc) is 2.00. The van der Waals surface area contributed by atoms with Crippen LogP contribution in [0.25, 0.3) is 0 Å². The van der Waals surface area contributed by atoms with Crippen LogP contribution < -0.4 is 0 Å². The van der Waals surface area contributed by atoms with Crippen LogP contribution >= 0.6 is 0 Å². The standard InChI is InChI=1S/C12H29OSi2/c1-7-8-9-10-12(13-14(2)3)11-15(4,5)6/h12H,7-11H2,1-6H3. The largest absolute Gasteiger partial charge is 0.415 e. The molecule has 0 fully saturated rings. The predicted octanol–water partition coefficient (Wildman–Crippen LogP) is 4.54. The Morgan fingerprint density at radius 3 is 2.13 bits per heavy atom. The summed E-state index contributed by atoms with van der Waals surface area (Å²) in [5.41, 5.74) is 0. The fourth-order valence-corrected chi connectivity index (χ4v) is 4.53. The SMILES string of the molecule is CCCCCC(C[Si](C)(C)C)O[Si](C)C. The summed E-state index contributed by atoms with van der Waals surface area (Å²) >= 11 is 0. The van der Waals surface area contributed by atoms with Crippen LogP contribution in [-0.2, 0) is 4.43 Å². The van der Waals surface area contributed by atoms with E-state index in [1.54, 1.807) is 0 Å². The lowest BCUT2D eigenvalue weighted by Gasteiger charge is -2.26. The molecule has 0 amide bonds. The number of rotatable bonds is 8. The van der Waals surface area contributed by atoms with Crippen molar-refractivity contribution in [3.63, 3.8) is 0 Å². The second-order valence-corrected chi connectivity index (χ2v) is 13.5. The summed E-state index contributed by atoms with van der Waals surface area (Å²) < 4.78 is 6.11. The Morgan fingerprint density at radius 2 is 1.73 bits per heavy atom. The minimum absolute atomic E-state index is 0.519. The van der Waals surface area contributed by atoms with Gasteiger partial charge in [-0.2, -0.15) is 0 Å². The van der Waals surface area contributed by atoms with E-state index in [0.29, 0.717) is 6.10 Å². The van der Waals surface area contributed by atoms with Crippen molar-refractivity contribution in [3.05, 3.63) is 0 Å². The van der Waals surface area contributed by atoms with Gasteiger partial charge in [0.2, 0.25) is 9.04 Å². The summed E-state index contributed by atoms with van der Waals surface area (Å²) in [6.07, 6.45) is 5.87. The second kappa shape index (κ2) is 7.63. The molecule has 0 aliphatic heterocycles. The Balaban J connectivity index is 3.95. The maximum atomic E-state index is 6.11. The molecule has 0 N–H and O–H groups in total. The number of hydrogen-bond acceptors (Lipinski definition) is 1.